The maximum Gasteiger partial charge on any atom is 0.276 e. The maximum absolute atomic E-state index is 11.6. The minimum absolute atomic E-state index is 0.286. The third kappa shape index (κ3) is 1.96. The standard InChI is InChI=1S/C8H9N5OS/c1-13-6(2-3-10-13)12-7(14)5-4-15-8(9)11-5/h2-4H,1H3,(H2,9,11)(H,12,14). The van der Waals surface area contributed by atoms with Crippen LogP contribution in [-0.2, 0) is 7.05 Å². The first-order valence-corrected chi connectivity index (χ1v) is 5.05. The molecule has 0 unspecified atom stereocenters. The normalized spacial score (nSPS) is 10.2. The van der Waals surface area contributed by atoms with Gasteiger partial charge in [-0.25, -0.2) is 4.98 Å². The number of thiazole rings is 1. The highest BCUT2D eigenvalue weighted by Gasteiger charge is 2.11. The number of hydrogen-bond acceptors (Lipinski definition) is 5. The van der Waals surface area contributed by atoms with E-state index in [1.807, 2.05) is 0 Å². The fourth-order valence-corrected chi connectivity index (χ4v) is 1.61. The first-order valence-electron chi connectivity index (χ1n) is 4.17. The highest BCUT2D eigenvalue weighted by Crippen LogP contribution is 2.13. The summed E-state index contributed by atoms with van der Waals surface area (Å²) in [5.41, 5.74) is 5.75. The lowest BCUT2D eigenvalue weighted by Gasteiger charge is -2.02. The van der Waals surface area contributed by atoms with E-state index in [4.69, 9.17) is 5.73 Å². The SMILES string of the molecule is Cn1nccc1NC(=O)c1csc(N)n1. The number of nitrogens with two attached hydrogens (primary N) is 1. The maximum atomic E-state index is 11.6. The summed E-state index contributed by atoms with van der Waals surface area (Å²) in [6.45, 7) is 0. The second-order valence-electron chi connectivity index (χ2n) is 2.87. The number of carbonyl (C=O) groups is 1. The van der Waals surface area contributed by atoms with Crippen LogP contribution in [0.25, 0.3) is 0 Å². The second kappa shape index (κ2) is 3.70. The third-order valence-electron chi connectivity index (χ3n) is 1.82. The number of nitrogens with one attached hydrogen (secondary N) is 1. The third-order valence-corrected chi connectivity index (χ3v) is 2.49. The molecule has 0 fully saturated rings. The van der Waals surface area contributed by atoms with Gasteiger partial charge in [0.1, 0.15) is 11.5 Å². The van der Waals surface area contributed by atoms with Crippen molar-refractivity contribution in [1.82, 2.24) is 14.8 Å². The molecule has 0 bridgehead atoms. The Morgan fingerprint density at radius 1 is 1.67 bits per heavy atom. The predicted octanol–water partition coefficient (Wildman–Crippen LogP) is 0.711. The molecule has 0 aromatic carbocycles. The Hall–Kier alpha value is -1.89. The average Bonchev–Trinajstić information content (AvgIpc) is 2.77. The lowest BCUT2D eigenvalue weighted by atomic mass is 10.4. The van der Waals surface area contributed by atoms with Crippen molar-refractivity contribution >= 4 is 28.2 Å². The van der Waals surface area contributed by atoms with E-state index < -0.39 is 0 Å². The summed E-state index contributed by atoms with van der Waals surface area (Å²) in [6.07, 6.45) is 1.60. The molecule has 78 valence electrons. The van der Waals surface area contributed by atoms with Gasteiger partial charge in [-0.3, -0.25) is 9.48 Å². The monoisotopic (exact) mass is 223 g/mol. The van der Waals surface area contributed by atoms with Crippen LogP contribution in [0.3, 0.4) is 0 Å². The molecule has 7 heteroatoms. The molecular weight excluding hydrogens is 214 g/mol. The Morgan fingerprint density at radius 3 is 3.00 bits per heavy atom. The van der Waals surface area contributed by atoms with Crippen LogP contribution in [0.1, 0.15) is 10.5 Å². The number of nitrogen functional groups attached to an aromatic ring is 1. The van der Waals surface area contributed by atoms with Gasteiger partial charge in [-0.05, 0) is 0 Å². The summed E-state index contributed by atoms with van der Waals surface area (Å²) in [4.78, 5) is 15.5. The van der Waals surface area contributed by atoms with Crippen LogP contribution in [-0.4, -0.2) is 20.7 Å². The number of hydrogen-bond donors (Lipinski definition) is 2. The van der Waals surface area contributed by atoms with Gasteiger partial charge in [-0.2, -0.15) is 5.10 Å². The summed E-state index contributed by atoms with van der Waals surface area (Å²) in [6, 6.07) is 1.70. The van der Waals surface area contributed by atoms with Gasteiger partial charge in [0.15, 0.2) is 5.13 Å². The van der Waals surface area contributed by atoms with Crippen molar-refractivity contribution in [1.29, 1.82) is 0 Å². The van der Waals surface area contributed by atoms with Crippen LogP contribution >= 0.6 is 11.3 Å². The average molecular weight is 223 g/mol. The largest absolute Gasteiger partial charge is 0.375 e. The van der Waals surface area contributed by atoms with Gasteiger partial charge in [0.2, 0.25) is 0 Å². The number of aromatic nitrogens is 3. The van der Waals surface area contributed by atoms with Crippen LogP contribution in [0.5, 0.6) is 0 Å². The van der Waals surface area contributed by atoms with E-state index in [1.165, 1.54) is 11.3 Å². The van der Waals surface area contributed by atoms with E-state index in [0.717, 1.165) is 0 Å². The summed E-state index contributed by atoms with van der Waals surface area (Å²) in [5, 5.41) is 8.59. The highest BCUT2D eigenvalue weighted by atomic mass is 32.1. The van der Waals surface area contributed by atoms with Crippen molar-refractivity contribution in [3.05, 3.63) is 23.3 Å². The number of carbonyl (C=O) groups excluding carboxylic acids is 1. The van der Waals surface area contributed by atoms with Crippen molar-refractivity contribution in [2.24, 2.45) is 7.05 Å². The molecule has 2 aromatic rings. The predicted molar refractivity (Wildman–Crippen MR) is 57.7 cm³/mol. The van der Waals surface area contributed by atoms with E-state index in [0.29, 0.717) is 16.6 Å². The van der Waals surface area contributed by atoms with Crippen LogP contribution in [0.15, 0.2) is 17.6 Å². The summed E-state index contributed by atoms with van der Waals surface area (Å²) in [7, 11) is 1.74. The van der Waals surface area contributed by atoms with Gasteiger partial charge in [0.25, 0.3) is 5.91 Å². The van der Waals surface area contributed by atoms with Crippen LogP contribution in [0, 0.1) is 0 Å². The van der Waals surface area contributed by atoms with Crippen molar-refractivity contribution in [2.45, 2.75) is 0 Å². The van der Waals surface area contributed by atoms with Crippen LogP contribution in [0.4, 0.5) is 10.9 Å². The molecule has 0 saturated heterocycles. The van der Waals surface area contributed by atoms with Gasteiger partial charge in [0, 0.05) is 18.5 Å². The molecule has 2 aromatic heterocycles. The van der Waals surface area contributed by atoms with Gasteiger partial charge in [-0.1, -0.05) is 0 Å². The lowest BCUT2D eigenvalue weighted by molar-refractivity contribution is 0.102. The van der Waals surface area contributed by atoms with Gasteiger partial charge in [0.05, 0.1) is 6.20 Å². The molecule has 1 amide bonds. The van der Waals surface area contributed by atoms with E-state index in [2.05, 4.69) is 15.4 Å². The summed E-state index contributed by atoms with van der Waals surface area (Å²) < 4.78 is 1.56. The minimum atomic E-state index is -0.286. The molecule has 0 spiro atoms. The quantitative estimate of drug-likeness (QED) is 0.785. The van der Waals surface area contributed by atoms with E-state index in [-0.39, 0.29) is 5.91 Å². The molecule has 0 atom stereocenters. The van der Waals surface area contributed by atoms with Crippen molar-refractivity contribution in [3.8, 4) is 0 Å². The Bertz CT molecular complexity index is 489. The Balaban J connectivity index is 2.14. The summed E-state index contributed by atoms with van der Waals surface area (Å²) >= 11 is 1.23. The van der Waals surface area contributed by atoms with Crippen molar-refractivity contribution in [2.75, 3.05) is 11.1 Å². The first kappa shape index (κ1) is 9.66. The molecule has 6 nitrogen and oxygen atoms in total. The topological polar surface area (TPSA) is 85.8 Å². The molecule has 0 aliphatic carbocycles. The number of rotatable bonds is 2. The Morgan fingerprint density at radius 2 is 2.47 bits per heavy atom. The molecule has 2 heterocycles. The zero-order valence-corrected chi connectivity index (χ0v) is 8.78. The Labute approximate surface area is 89.7 Å². The van der Waals surface area contributed by atoms with E-state index >= 15 is 0 Å². The van der Waals surface area contributed by atoms with Gasteiger partial charge < -0.3 is 11.1 Å². The smallest absolute Gasteiger partial charge is 0.276 e. The van der Waals surface area contributed by atoms with Crippen molar-refractivity contribution < 1.29 is 4.79 Å². The summed E-state index contributed by atoms with van der Waals surface area (Å²) in [5.74, 6) is 0.332. The second-order valence-corrected chi connectivity index (χ2v) is 3.75. The van der Waals surface area contributed by atoms with E-state index in [9.17, 15) is 4.79 Å². The van der Waals surface area contributed by atoms with Crippen LogP contribution < -0.4 is 11.1 Å². The fraction of sp³-hybridized carbons (Fsp3) is 0.125. The van der Waals surface area contributed by atoms with E-state index in [1.54, 1.807) is 29.4 Å². The molecule has 0 aliphatic rings. The first-order chi connectivity index (χ1) is 7.16. The zero-order valence-electron chi connectivity index (χ0n) is 7.97. The highest BCUT2D eigenvalue weighted by molar-refractivity contribution is 7.13. The molecule has 2 rings (SSSR count). The number of aryl methyl sites for hydroxylation is 1. The van der Waals surface area contributed by atoms with Crippen molar-refractivity contribution in [3.63, 3.8) is 0 Å². The number of nitrogens with zero attached hydrogens (tertiary/aromatic N) is 3. The molecule has 0 saturated carbocycles. The molecule has 15 heavy (non-hydrogen) atoms. The minimum Gasteiger partial charge on any atom is -0.375 e. The Kier molecular flexibility index (Phi) is 2.38. The molecule has 0 aliphatic heterocycles. The number of amides is 1. The fourth-order valence-electron chi connectivity index (χ4n) is 1.07. The number of anilines is 2. The van der Waals surface area contributed by atoms with Gasteiger partial charge in [-0.15, -0.1) is 11.3 Å². The molecule has 0 radical (unpaired) electrons. The molecular formula is C8H9N5OS. The lowest BCUT2D eigenvalue weighted by Crippen LogP contribution is -2.14. The zero-order chi connectivity index (χ0) is 10.8. The molecule has 3 N–H and O–H groups in total. The van der Waals surface area contributed by atoms with Crippen LogP contribution in [0.2, 0.25) is 0 Å². The van der Waals surface area contributed by atoms with Gasteiger partial charge >= 0.3 is 0 Å².